The van der Waals surface area contributed by atoms with Gasteiger partial charge in [0.25, 0.3) is 0 Å². The Morgan fingerprint density at radius 3 is 2.34 bits per heavy atom. The van der Waals surface area contributed by atoms with E-state index in [0.717, 1.165) is 9.80 Å². The van der Waals surface area contributed by atoms with Crippen LogP contribution in [0.1, 0.15) is 37.4 Å². The summed E-state index contributed by atoms with van der Waals surface area (Å²) in [5.41, 5.74) is 0. The lowest BCUT2D eigenvalue weighted by Gasteiger charge is -2.23. The van der Waals surface area contributed by atoms with E-state index in [1.165, 1.54) is 0 Å². The van der Waals surface area contributed by atoms with Gasteiger partial charge in [-0.2, -0.15) is 18.2 Å². The predicted octanol–water partition coefficient (Wildman–Crippen LogP) is 1.62. The maximum Gasteiger partial charge on any atom is 0.406 e. The number of amides is 3. The van der Waals surface area contributed by atoms with E-state index < -0.39 is 31.1 Å². The van der Waals surface area contributed by atoms with Gasteiger partial charge in [-0.1, -0.05) is 17.3 Å². The maximum atomic E-state index is 12.7. The van der Waals surface area contributed by atoms with Crippen LogP contribution in [0.5, 0.6) is 0 Å². The molecule has 4 rings (SSSR count). The number of rotatable bonds is 6. The molecule has 2 aliphatic carbocycles. The number of allylic oxidation sites excluding steroid dienone is 2. The highest BCUT2D eigenvalue weighted by atomic mass is 19.4. The molecule has 1 aromatic rings. The molecule has 3 amide bonds. The zero-order valence-electron chi connectivity index (χ0n) is 15.4. The van der Waals surface area contributed by atoms with Crippen molar-refractivity contribution in [3.05, 3.63) is 23.9 Å². The Balaban J connectivity index is 1.39. The first-order chi connectivity index (χ1) is 13.7. The fraction of sp³-hybridized carbons (Fsp3) is 0.611. The van der Waals surface area contributed by atoms with Crippen molar-refractivity contribution in [3.8, 4) is 0 Å². The lowest BCUT2D eigenvalue weighted by Crippen LogP contribution is -2.41. The molecule has 156 valence electrons. The number of hydrogen-bond acceptors (Lipinski definition) is 6. The Bertz CT molecular complexity index is 836. The summed E-state index contributed by atoms with van der Waals surface area (Å²) in [7, 11) is 0. The molecule has 29 heavy (non-hydrogen) atoms. The number of likely N-dealkylation sites (tertiary alicyclic amines) is 1. The summed E-state index contributed by atoms with van der Waals surface area (Å²) >= 11 is 0. The monoisotopic (exact) mass is 412 g/mol. The highest BCUT2D eigenvalue weighted by Crippen LogP contribution is 2.35. The Kier molecular flexibility index (Phi) is 4.91. The van der Waals surface area contributed by atoms with Crippen LogP contribution >= 0.6 is 0 Å². The number of halogens is 3. The van der Waals surface area contributed by atoms with E-state index in [4.69, 9.17) is 4.52 Å². The first-order valence-electron chi connectivity index (χ1n) is 9.41. The van der Waals surface area contributed by atoms with Gasteiger partial charge in [-0.05, 0) is 25.7 Å². The fourth-order valence-corrected chi connectivity index (χ4v) is 3.82. The van der Waals surface area contributed by atoms with E-state index in [1.807, 2.05) is 12.2 Å². The predicted molar refractivity (Wildman–Crippen MR) is 89.7 cm³/mol. The largest absolute Gasteiger partial charge is 0.406 e. The highest BCUT2D eigenvalue weighted by molar-refractivity contribution is 6.05. The number of aromatic nitrogens is 2. The molecule has 1 saturated carbocycles. The summed E-state index contributed by atoms with van der Waals surface area (Å²) in [4.78, 5) is 43.0. The number of fused-ring (bicyclic) bond motifs is 1. The van der Waals surface area contributed by atoms with Gasteiger partial charge in [-0.15, -0.1) is 0 Å². The van der Waals surface area contributed by atoms with Gasteiger partial charge < -0.3 is 9.42 Å². The second kappa shape index (κ2) is 7.27. The molecule has 2 unspecified atom stereocenters. The van der Waals surface area contributed by atoms with Crippen LogP contribution in [0, 0.1) is 11.8 Å². The molecule has 0 radical (unpaired) electrons. The van der Waals surface area contributed by atoms with Crippen LogP contribution in [-0.4, -0.2) is 56.4 Å². The Morgan fingerprint density at radius 2 is 1.79 bits per heavy atom. The lowest BCUT2D eigenvalue weighted by atomic mass is 9.85. The van der Waals surface area contributed by atoms with Crippen LogP contribution < -0.4 is 0 Å². The van der Waals surface area contributed by atoms with Crippen molar-refractivity contribution >= 4 is 17.7 Å². The summed E-state index contributed by atoms with van der Waals surface area (Å²) in [6, 6.07) is -0.410. The molecule has 1 aromatic heterocycles. The molecule has 1 saturated heterocycles. The second-order valence-electron chi connectivity index (χ2n) is 7.57. The van der Waals surface area contributed by atoms with Crippen LogP contribution in [0.15, 0.2) is 16.7 Å². The van der Waals surface area contributed by atoms with Crippen LogP contribution in [0.25, 0.3) is 0 Å². The minimum atomic E-state index is -4.48. The first-order valence-corrected chi connectivity index (χ1v) is 9.41. The summed E-state index contributed by atoms with van der Waals surface area (Å²) < 4.78 is 43.1. The van der Waals surface area contributed by atoms with Gasteiger partial charge in [0.1, 0.15) is 13.1 Å². The highest BCUT2D eigenvalue weighted by Gasteiger charge is 2.47. The standard InChI is InChI=1S/C18H19F3N4O4/c19-18(20,21)9-25(10-5-6-10)15(26)7-13-22-14(29-23-13)8-24-16(27)11-3-1-2-4-12(11)17(24)28/h1-2,10-12H,3-9H2. The third-order valence-corrected chi connectivity index (χ3v) is 5.37. The third-order valence-electron chi connectivity index (χ3n) is 5.37. The average molecular weight is 412 g/mol. The number of nitrogens with zero attached hydrogens (tertiary/aromatic N) is 4. The zero-order valence-corrected chi connectivity index (χ0v) is 15.4. The molecule has 2 fully saturated rings. The molecule has 8 nitrogen and oxygen atoms in total. The molecular formula is C18H19F3N4O4. The fourth-order valence-electron chi connectivity index (χ4n) is 3.82. The molecule has 3 aliphatic rings. The molecule has 2 atom stereocenters. The molecule has 0 bridgehead atoms. The van der Waals surface area contributed by atoms with Crippen molar-refractivity contribution in [2.45, 2.75) is 50.9 Å². The summed E-state index contributed by atoms with van der Waals surface area (Å²) in [5.74, 6) is -2.21. The van der Waals surface area contributed by atoms with E-state index in [9.17, 15) is 27.6 Å². The van der Waals surface area contributed by atoms with Crippen molar-refractivity contribution in [1.82, 2.24) is 19.9 Å². The minimum Gasteiger partial charge on any atom is -0.337 e. The van der Waals surface area contributed by atoms with Crippen molar-refractivity contribution < 1.29 is 32.1 Å². The molecule has 0 aromatic carbocycles. The number of imide groups is 1. The molecule has 0 spiro atoms. The van der Waals surface area contributed by atoms with Crippen molar-refractivity contribution in [3.63, 3.8) is 0 Å². The molecule has 11 heteroatoms. The van der Waals surface area contributed by atoms with E-state index in [-0.39, 0.29) is 41.9 Å². The lowest BCUT2D eigenvalue weighted by molar-refractivity contribution is -0.162. The SMILES string of the molecule is O=C1C2CC=CCC2C(=O)N1Cc1nc(CC(=O)N(CC(F)(F)F)C2CC2)no1. The Morgan fingerprint density at radius 1 is 1.17 bits per heavy atom. The normalized spacial score (nSPS) is 24.2. The van der Waals surface area contributed by atoms with Gasteiger partial charge in [0.15, 0.2) is 5.82 Å². The van der Waals surface area contributed by atoms with E-state index >= 15 is 0 Å². The molecular weight excluding hydrogens is 393 g/mol. The first kappa shape index (κ1) is 19.6. The maximum absolute atomic E-state index is 12.7. The van der Waals surface area contributed by atoms with Crippen molar-refractivity contribution in [1.29, 1.82) is 0 Å². The van der Waals surface area contributed by atoms with Crippen LogP contribution in [0.4, 0.5) is 13.2 Å². The van der Waals surface area contributed by atoms with Gasteiger partial charge in [-0.3, -0.25) is 19.3 Å². The van der Waals surface area contributed by atoms with E-state index in [0.29, 0.717) is 25.7 Å². The van der Waals surface area contributed by atoms with Gasteiger partial charge in [0, 0.05) is 6.04 Å². The van der Waals surface area contributed by atoms with Gasteiger partial charge >= 0.3 is 6.18 Å². The molecule has 2 heterocycles. The number of hydrogen-bond donors (Lipinski definition) is 0. The van der Waals surface area contributed by atoms with Crippen molar-refractivity contribution in [2.24, 2.45) is 11.8 Å². The second-order valence-corrected chi connectivity index (χ2v) is 7.57. The smallest absolute Gasteiger partial charge is 0.337 e. The summed E-state index contributed by atoms with van der Waals surface area (Å²) in [6.45, 7) is -1.52. The summed E-state index contributed by atoms with van der Waals surface area (Å²) in [6.07, 6.45) is 0.913. The summed E-state index contributed by atoms with van der Waals surface area (Å²) in [5, 5.41) is 3.62. The van der Waals surface area contributed by atoms with Gasteiger partial charge in [0.05, 0.1) is 18.3 Å². The number of carbonyl (C=O) groups is 3. The van der Waals surface area contributed by atoms with Gasteiger partial charge in [-0.25, -0.2) is 0 Å². The topological polar surface area (TPSA) is 96.6 Å². The number of alkyl halides is 3. The molecule has 1 aliphatic heterocycles. The van der Waals surface area contributed by atoms with Crippen LogP contribution in [0.2, 0.25) is 0 Å². The van der Waals surface area contributed by atoms with Crippen LogP contribution in [0.3, 0.4) is 0 Å². The Hall–Kier alpha value is -2.72. The Labute approximate surface area is 163 Å². The third kappa shape index (κ3) is 4.18. The zero-order chi connectivity index (χ0) is 20.8. The quantitative estimate of drug-likeness (QED) is 0.520. The minimum absolute atomic E-state index is 0.0325. The van der Waals surface area contributed by atoms with Crippen LogP contribution in [-0.2, 0) is 27.3 Å². The number of carbonyl (C=O) groups excluding carboxylic acids is 3. The molecule has 0 N–H and O–H groups in total. The van der Waals surface area contributed by atoms with E-state index in [2.05, 4.69) is 10.1 Å². The average Bonchev–Trinajstić information content (AvgIpc) is 3.37. The van der Waals surface area contributed by atoms with Crippen molar-refractivity contribution in [2.75, 3.05) is 6.54 Å². The van der Waals surface area contributed by atoms with Gasteiger partial charge in [0.2, 0.25) is 23.6 Å². The van der Waals surface area contributed by atoms with E-state index in [1.54, 1.807) is 0 Å².